The highest BCUT2D eigenvalue weighted by Crippen LogP contribution is 2.25. The zero-order valence-corrected chi connectivity index (χ0v) is 16.7. The third-order valence-electron chi connectivity index (χ3n) is 4.11. The summed E-state index contributed by atoms with van der Waals surface area (Å²) in [5, 5.41) is 9.09. The Bertz CT molecular complexity index is 992. The normalized spacial score (nSPS) is 10.3. The number of aryl methyl sites for hydroxylation is 1. The molecule has 2 aromatic carbocycles. The molecule has 0 aliphatic rings. The number of amides is 1. The molecule has 3 rings (SSSR count). The molecule has 0 radical (unpaired) electrons. The maximum atomic E-state index is 11.3. The van der Waals surface area contributed by atoms with Gasteiger partial charge >= 0.3 is 0 Å². The lowest BCUT2D eigenvalue weighted by Gasteiger charge is -2.13. The van der Waals surface area contributed by atoms with Gasteiger partial charge in [0.2, 0.25) is 17.8 Å². The number of ether oxygens (including phenoxy) is 1. The molecule has 1 aromatic heterocycles. The minimum Gasteiger partial charge on any atom is -0.492 e. The molecule has 0 bridgehead atoms. The molecular weight excluding hydrogens is 368 g/mol. The fourth-order valence-electron chi connectivity index (χ4n) is 2.70. The van der Waals surface area contributed by atoms with Crippen LogP contribution in [0.25, 0.3) is 0 Å². The van der Waals surface area contributed by atoms with Gasteiger partial charge < -0.3 is 20.7 Å². The Morgan fingerprint density at radius 3 is 2.59 bits per heavy atom. The lowest BCUT2D eigenvalue weighted by molar-refractivity contribution is -0.114. The smallest absolute Gasteiger partial charge is 0.232 e. The summed E-state index contributed by atoms with van der Waals surface area (Å²) in [5.41, 5.74) is 3.59. The van der Waals surface area contributed by atoms with E-state index in [2.05, 4.69) is 30.9 Å². The van der Waals surface area contributed by atoms with Crippen molar-refractivity contribution in [3.63, 3.8) is 0 Å². The molecular formula is C21H24N6O2. The Hall–Kier alpha value is -3.68. The lowest BCUT2D eigenvalue weighted by Crippen LogP contribution is -2.14. The van der Waals surface area contributed by atoms with E-state index in [1.165, 1.54) is 13.3 Å². The molecule has 3 aromatic rings. The number of rotatable bonds is 8. The second kappa shape index (κ2) is 9.50. The summed E-state index contributed by atoms with van der Waals surface area (Å²) in [6, 6.07) is 13.5. The van der Waals surface area contributed by atoms with Crippen LogP contribution >= 0.6 is 0 Å². The molecule has 1 heterocycles. The van der Waals surface area contributed by atoms with Crippen molar-refractivity contribution in [2.45, 2.75) is 20.8 Å². The molecule has 0 atom stereocenters. The van der Waals surface area contributed by atoms with Gasteiger partial charge in [-0.05, 0) is 49.2 Å². The van der Waals surface area contributed by atoms with Crippen molar-refractivity contribution in [1.29, 1.82) is 0 Å². The summed E-state index contributed by atoms with van der Waals surface area (Å²) >= 11 is 0. The van der Waals surface area contributed by atoms with Gasteiger partial charge in [0.15, 0.2) is 0 Å². The number of nitrogens with zero attached hydrogens (tertiary/aromatic N) is 3. The van der Waals surface area contributed by atoms with E-state index in [4.69, 9.17) is 4.74 Å². The highest BCUT2D eigenvalue weighted by Gasteiger charge is 2.07. The standard InChI is InChI=1S/C21H24N6O2/c1-14-6-4-7-17(12-14)29-11-10-22-20-23-13-24-21(27-20)26-19-9-5-8-18(15(19)2)25-16(3)28/h4-9,12-13H,10-11H2,1-3H3,(H,25,28)(H2,22,23,24,26,27). The molecule has 3 N–H and O–H groups in total. The van der Waals surface area contributed by atoms with Gasteiger partial charge in [-0.2, -0.15) is 4.98 Å². The Morgan fingerprint density at radius 1 is 1.03 bits per heavy atom. The summed E-state index contributed by atoms with van der Waals surface area (Å²) in [6.07, 6.45) is 1.44. The molecule has 1 amide bonds. The summed E-state index contributed by atoms with van der Waals surface area (Å²) in [6.45, 7) is 6.45. The fraction of sp³-hybridized carbons (Fsp3) is 0.238. The van der Waals surface area contributed by atoms with Crippen LogP contribution in [0, 0.1) is 13.8 Å². The second-order valence-electron chi connectivity index (χ2n) is 6.51. The maximum Gasteiger partial charge on any atom is 0.232 e. The van der Waals surface area contributed by atoms with Crippen LogP contribution in [0.1, 0.15) is 18.1 Å². The van der Waals surface area contributed by atoms with Crippen LogP contribution in [0.5, 0.6) is 5.75 Å². The number of carbonyl (C=O) groups is 1. The molecule has 0 spiro atoms. The number of anilines is 4. The summed E-state index contributed by atoms with van der Waals surface area (Å²) in [4.78, 5) is 24.0. The van der Waals surface area contributed by atoms with Crippen molar-refractivity contribution in [1.82, 2.24) is 15.0 Å². The van der Waals surface area contributed by atoms with Crippen molar-refractivity contribution in [3.05, 3.63) is 59.9 Å². The minimum absolute atomic E-state index is 0.121. The SMILES string of the molecule is CC(=O)Nc1cccc(Nc2ncnc(NCCOc3cccc(C)c3)n2)c1C. The van der Waals surface area contributed by atoms with Crippen molar-refractivity contribution in [2.24, 2.45) is 0 Å². The van der Waals surface area contributed by atoms with E-state index in [0.717, 1.165) is 28.3 Å². The first-order valence-electron chi connectivity index (χ1n) is 9.28. The van der Waals surface area contributed by atoms with Gasteiger partial charge in [-0.3, -0.25) is 4.79 Å². The van der Waals surface area contributed by atoms with Crippen LogP contribution < -0.4 is 20.7 Å². The molecule has 0 aliphatic carbocycles. The number of benzene rings is 2. The van der Waals surface area contributed by atoms with E-state index in [1.807, 2.05) is 56.3 Å². The Morgan fingerprint density at radius 2 is 1.79 bits per heavy atom. The van der Waals surface area contributed by atoms with Crippen LogP contribution in [0.15, 0.2) is 48.8 Å². The zero-order valence-electron chi connectivity index (χ0n) is 16.7. The largest absolute Gasteiger partial charge is 0.492 e. The van der Waals surface area contributed by atoms with Crippen molar-refractivity contribution in [3.8, 4) is 5.75 Å². The quantitative estimate of drug-likeness (QED) is 0.503. The molecule has 150 valence electrons. The number of carbonyl (C=O) groups excluding carboxylic acids is 1. The predicted octanol–water partition coefficient (Wildman–Crippen LogP) is 3.68. The number of aromatic nitrogens is 3. The van der Waals surface area contributed by atoms with Crippen molar-refractivity contribution >= 4 is 29.2 Å². The third-order valence-corrected chi connectivity index (χ3v) is 4.11. The van der Waals surface area contributed by atoms with Crippen LogP contribution in [0.4, 0.5) is 23.3 Å². The molecule has 8 heteroatoms. The van der Waals surface area contributed by atoms with E-state index >= 15 is 0 Å². The molecule has 29 heavy (non-hydrogen) atoms. The summed E-state index contributed by atoms with van der Waals surface area (Å²) in [5.74, 6) is 1.57. The van der Waals surface area contributed by atoms with E-state index < -0.39 is 0 Å². The third kappa shape index (κ3) is 5.90. The second-order valence-corrected chi connectivity index (χ2v) is 6.51. The Labute approximate surface area is 169 Å². The average Bonchev–Trinajstić information content (AvgIpc) is 2.68. The van der Waals surface area contributed by atoms with Crippen LogP contribution in [-0.2, 0) is 4.79 Å². The van der Waals surface area contributed by atoms with Gasteiger partial charge in [-0.1, -0.05) is 18.2 Å². The fourth-order valence-corrected chi connectivity index (χ4v) is 2.70. The van der Waals surface area contributed by atoms with Gasteiger partial charge in [0.05, 0.1) is 6.54 Å². The van der Waals surface area contributed by atoms with E-state index in [-0.39, 0.29) is 5.91 Å². The maximum absolute atomic E-state index is 11.3. The molecule has 0 aliphatic heterocycles. The lowest BCUT2D eigenvalue weighted by atomic mass is 10.1. The van der Waals surface area contributed by atoms with Gasteiger partial charge in [0.1, 0.15) is 18.7 Å². The van der Waals surface area contributed by atoms with Crippen LogP contribution in [-0.4, -0.2) is 34.0 Å². The number of hydrogen-bond acceptors (Lipinski definition) is 7. The molecule has 0 saturated carbocycles. The molecule has 8 nitrogen and oxygen atoms in total. The van der Waals surface area contributed by atoms with Gasteiger partial charge in [0.25, 0.3) is 0 Å². The van der Waals surface area contributed by atoms with E-state index in [9.17, 15) is 4.79 Å². The average molecular weight is 392 g/mol. The first-order valence-corrected chi connectivity index (χ1v) is 9.28. The first kappa shape index (κ1) is 20.1. The van der Waals surface area contributed by atoms with Crippen molar-refractivity contribution in [2.75, 3.05) is 29.1 Å². The molecule has 0 fully saturated rings. The highest BCUT2D eigenvalue weighted by molar-refractivity contribution is 5.90. The minimum atomic E-state index is -0.121. The Balaban J connectivity index is 1.58. The topological polar surface area (TPSA) is 101 Å². The molecule has 0 saturated heterocycles. The van der Waals surface area contributed by atoms with Gasteiger partial charge in [0, 0.05) is 18.3 Å². The van der Waals surface area contributed by atoms with Crippen LogP contribution in [0.3, 0.4) is 0 Å². The van der Waals surface area contributed by atoms with Gasteiger partial charge in [-0.15, -0.1) is 0 Å². The van der Waals surface area contributed by atoms with E-state index in [0.29, 0.717) is 25.0 Å². The number of hydrogen-bond donors (Lipinski definition) is 3. The van der Waals surface area contributed by atoms with Crippen LogP contribution in [0.2, 0.25) is 0 Å². The van der Waals surface area contributed by atoms with Gasteiger partial charge in [-0.25, -0.2) is 9.97 Å². The molecule has 0 unspecified atom stereocenters. The zero-order chi connectivity index (χ0) is 20.6. The Kier molecular flexibility index (Phi) is 6.57. The summed E-state index contributed by atoms with van der Waals surface area (Å²) < 4.78 is 5.71. The first-order chi connectivity index (χ1) is 14.0. The number of nitrogens with one attached hydrogen (secondary N) is 3. The summed E-state index contributed by atoms with van der Waals surface area (Å²) in [7, 11) is 0. The monoisotopic (exact) mass is 392 g/mol. The highest BCUT2D eigenvalue weighted by atomic mass is 16.5. The predicted molar refractivity (Wildman–Crippen MR) is 114 cm³/mol. The van der Waals surface area contributed by atoms with Crippen molar-refractivity contribution < 1.29 is 9.53 Å². The van der Waals surface area contributed by atoms with E-state index in [1.54, 1.807) is 0 Å².